The van der Waals surface area contributed by atoms with Crippen LogP contribution in [0.3, 0.4) is 0 Å². The van der Waals surface area contributed by atoms with Crippen LogP contribution < -0.4 is 0 Å². The van der Waals surface area contributed by atoms with Crippen molar-refractivity contribution >= 4 is 27.2 Å². The Bertz CT molecular complexity index is 868. The van der Waals surface area contributed by atoms with Gasteiger partial charge in [-0.3, -0.25) is 8.98 Å². The Kier molecular flexibility index (Phi) is 5.67. The molecule has 1 saturated heterocycles. The van der Waals surface area contributed by atoms with Gasteiger partial charge in [-0.15, -0.1) is 0 Å². The quantitative estimate of drug-likeness (QED) is 0.553. The molecule has 6 nitrogen and oxygen atoms in total. The zero-order chi connectivity index (χ0) is 18.7. The molecule has 1 aliphatic rings. The summed E-state index contributed by atoms with van der Waals surface area (Å²) < 4.78 is 39.8. The van der Waals surface area contributed by atoms with E-state index in [1.165, 1.54) is 0 Å². The fourth-order valence-electron chi connectivity index (χ4n) is 2.82. The van der Waals surface area contributed by atoms with E-state index in [2.05, 4.69) is 0 Å². The largest absolute Gasteiger partial charge is 0.606 e. The Hall–Kier alpha value is -1.87. The molecule has 3 rings (SSSR count). The highest BCUT2D eigenvalue weighted by atomic mass is 32.2. The number of carbonyl (C=O) groups is 1. The first-order valence-corrected chi connectivity index (χ1v) is 11.0. The summed E-state index contributed by atoms with van der Waals surface area (Å²) in [5, 5.41) is 0. The highest BCUT2D eigenvalue weighted by Gasteiger charge is 2.32. The van der Waals surface area contributed by atoms with Gasteiger partial charge in [-0.1, -0.05) is 30.3 Å². The number of benzene rings is 2. The van der Waals surface area contributed by atoms with Crippen LogP contribution in [0, 0.1) is 0 Å². The third kappa shape index (κ3) is 4.85. The normalized spacial score (nSPS) is 18.9. The topological polar surface area (TPSA) is 86.7 Å². The first kappa shape index (κ1) is 18.9. The van der Waals surface area contributed by atoms with Crippen molar-refractivity contribution < 1.29 is 21.9 Å². The van der Waals surface area contributed by atoms with Gasteiger partial charge in [0, 0.05) is 24.3 Å². The summed E-state index contributed by atoms with van der Waals surface area (Å²) >= 11 is -1.25. The highest BCUT2D eigenvalue weighted by Crippen LogP contribution is 2.23. The minimum Gasteiger partial charge on any atom is -0.606 e. The molecule has 26 heavy (non-hydrogen) atoms. The Morgan fingerprint density at radius 3 is 2.35 bits per heavy atom. The van der Waals surface area contributed by atoms with Gasteiger partial charge in [-0.2, -0.15) is 8.42 Å². The molecule has 1 aliphatic heterocycles. The summed E-state index contributed by atoms with van der Waals surface area (Å²) in [7, 11) is -3.58. The molecule has 0 spiro atoms. The number of amides is 1. The Labute approximate surface area is 156 Å². The second-order valence-electron chi connectivity index (χ2n) is 6.13. The third-order valence-electron chi connectivity index (χ3n) is 3.96. The lowest BCUT2D eigenvalue weighted by molar-refractivity contribution is -0.128. The molecule has 0 N–H and O–H groups in total. The van der Waals surface area contributed by atoms with Gasteiger partial charge in [0.05, 0.1) is 12.7 Å². The second kappa shape index (κ2) is 7.79. The molecule has 1 fully saturated rings. The molecular formula is C18H19NO5S2. The Balaban J connectivity index is 1.64. The van der Waals surface area contributed by atoms with E-state index in [0.717, 1.165) is 16.7 Å². The fourth-order valence-corrected chi connectivity index (χ4v) is 4.50. The molecule has 1 heterocycles. The van der Waals surface area contributed by atoms with E-state index in [0.29, 0.717) is 11.4 Å². The molecule has 0 bridgehead atoms. The maximum Gasteiger partial charge on any atom is 0.264 e. The minimum atomic E-state index is -3.58. The summed E-state index contributed by atoms with van der Waals surface area (Å²) in [4.78, 5) is 15.0. The zero-order valence-corrected chi connectivity index (χ0v) is 15.8. The predicted octanol–water partition coefficient (Wildman–Crippen LogP) is 1.93. The molecule has 0 radical (unpaired) electrons. The van der Waals surface area contributed by atoms with Crippen molar-refractivity contribution in [3.05, 3.63) is 60.2 Å². The molecule has 0 aromatic heterocycles. The van der Waals surface area contributed by atoms with E-state index in [1.807, 2.05) is 42.5 Å². The highest BCUT2D eigenvalue weighted by molar-refractivity contribution is 7.91. The van der Waals surface area contributed by atoms with Crippen molar-refractivity contribution in [1.29, 1.82) is 0 Å². The summed E-state index contributed by atoms with van der Waals surface area (Å²) in [6.45, 7) is 0.601. The minimum absolute atomic E-state index is 0.0587. The molecule has 2 unspecified atom stereocenters. The van der Waals surface area contributed by atoms with Crippen molar-refractivity contribution in [2.45, 2.75) is 28.9 Å². The molecule has 1 amide bonds. The zero-order valence-electron chi connectivity index (χ0n) is 14.2. The van der Waals surface area contributed by atoms with Crippen molar-refractivity contribution in [1.82, 2.24) is 4.90 Å². The maximum absolute atomic E-state index is 12.5. The molecular weight excluding hydrogens is 374 g/mol. The first-order chi connectivity index (χ1) is 12.3. The van der Waals surface area contributed by atoms with Crippen molar-refractivity contribution in [2.75, 3.05) is 12.8 Å². The summed E-state index contributed by atoms with van der Waals surface area (Å²) in [6.07, 6.45) is 0.400. The molecule has 8 heteroatoms. The lowest BCUT2D eigenvalue weighted by Crippen LogP contribution is -2.26. The van der Waals surface area contributed by atoms with Gasteiger partial charge >= 0.3 is 0 Å². The summed E-state index contributed by atoms with van der Waals surface area (Å²) in [5.41, 5.74) is 0.882. The Morgan fingerprint density at radius 1 is 1.12 bits per heavy atom. The van der Waals surface area contributed by atoms with Crippen molar-refractivity contribution in [3.8, 4) is 0 Å². The van der Waals surface area contributed by atoms with Gasteiger partial charge in [-0.05, 0) is 29.8 Å². The van der Waals surface area contributed by atoms with Crippen LogP contribution in [0.15, 0.2) is 64.4 Å². The molecule has 2 aromatic carbocycles. The fraction of sp³-hybridized carbons (Fsp3) is 0.278. The third-order valence-corrected chi connectivity index (χ3v) is 5.98. The average molecular weight is 393 g/mol. The lowest BCUT2D eigenvalue weighted by atomic mass is 10.2. The lowest BCUT2D eigenvalue weighted by Gasteiger charge is -2.17. The molecule has 2 aromatic rings. The second-order valence-corrected chi connectivity index (χ2v) is 9.21. The van der Waals surface area contributed by atoms with E-state index in [9.17, 15) is 17.8 Å². The number of nitrogens with zero attached hydrogens (tertiary/aromatic N) is 1. The van der Waals surface area contributed by atoms with E-state index >= 15 is 0 Å². The average Bonchev–Trinajstić information content (AvgIpc) is 2.93. The molecule has 138 valence electrons. The molecule has 2 atom stereocenters. The van der Waals surface area contributed by atoms with Crippen LogP contribution in [0.25, 0.3) is 0 Å². The van der Waals surface area contributed by atoms with E-state index in [4.69, 9.17) is 4.18 Å². The number of likely N-dealkylation sites (tertiary alicyclic amines) is 1. The number of hydrogen-bond donors (Lipinski definition) is 0. The number of carbonyl (C=O) groups excluding carboxylic acids is 1. The van der Waals surface area contributed by atoms with E-state index < -0.39 is 27.4 Å². The first-order valence-electron chi connectivity index (χ1n) is 8.03. The van der Waals surface area contributed by atoms with E-state index in [1.54, 1.807) is 17.0 Å². The van der Waals surface area contributed by atoms with Crippen LogP contribution in [0.5, 0.6) is 0 Å². The predicted molar refractivity (Wildman–Crippen MR) is 97.3 cm³/mol. The van der Waals surface area contributed by atoms with Crippen molar-refractivity contribution in [3.63, 3.8) is 0 Å². The van der Waals surface area contributed by atoms with Crippen LogP contribution in [-0.4, -0.2) is 42.7 Å². The van der Waals surface area contributed by atoms with Crippen molar-refractivity contribution in [2.24, 2.45) is 0 Å². The van der Waals surface area contributed by atoms with Crippen LogP contribution in [0.4, 0.5) is 0 Å². The molecule has 0 saturated carbocycles. The van der Waals surface area contributed by atoms with Gasteiger partial charge < -0.3 is 9.45 Å². The monoisotopic (exact) mass is 393 g/mol. The van der Waals surface area contributed by atoms with Crippen LogP contribution in [0.1, 0.15) is 12.0 Å². The number of hydrogen-bond acceptors (Lipinski definition) is 5. The Morgan fingerprint density at radius 2 is 1.73 bits per heavy atom. The van der Waals surface area contributed by atoms with Crippen LogP contribution in [-0.2, 0) is 36.8 Å². The van der Waals surface area contributed by atoms with Gasteiger partial charge in [0.2, 0.25) is 5.91 Å². The maximum atomic E-state index is 12.5. The summed E-state index contributed by atoms with van der Waals surface area (Å²) in [6, 6.07) is 16.4. The smallest absolute Gasteiger partial charge is 0.264 e. The van der Waals surface area contributed by atoms with Gasteiger partial charge in [0.15, 0.2) is 9.79 Å². The van der Waals surface area contributed by atoms with E-state index in [-0.39, 0.29) is 18.9 Å². The molecule has 0 aliphatic carbocycles. The van der Waals surface area contributed by atoms with Gasteiger partial charge in [0.25, 0.3) is 10.1 Å². The summed E-state index contributed by atoms with van der Waals surface area (Å²) in [5.74, 6) is -0.143. The van der Waals surface area contributed by atoms with Crippen LogP contribution in [0.2, 0.25) is 0 Å². The standard InChI is InChI=1S/C18H19NO5S2/c1-26(22,23)24-15-11-18(20)19(13-15)12-14-7-9-17(10-8-14)25(21)16-5-3-2-4-6-16/h2-10,15H,11-13H2,1H3. The number of rotatable bonds is 6. The van der Waals surface area contributed by atoms with Crippen LogP contribution >= 0.6 is 0 Å². The van der Waals surface area contributed by atoms with Gasteiger partial charge in [0.1, 0.15) is 6.10 Å². The SMILES string of the molecule is CS(=O)(=O)OC1CC(=O)N(Cc2ccc([S+]([O-])c3ccccc3)cc2)C1. The van der Waals surface area contributed by atoms with Gasteiger partial charge in [-0.25, -0.2) is 0 Å².